The standard InChI is InChI=1S/C11H13N3O2/c1-13(7-3-6-12)9-10-4-2-5-11(8-10)14(15)16/h2,4-5,8H,3,7,9H2,1H3. The number of benzene rings is 1. The highest BCUT2D eigenvalue weighted by atomic mass is 16.6. The van der Waals surface area contributed by atoms with Crippen molar-refractivity contribution in [2.45, 2.75) is 13.0 Å². The maximum absolute atomic E-state index is 10.6. The first-order chi connectivity index (χ1) is 7.63. The zero-order valence-corrected chi connectivity index (χ0v) is 9.09. The highest BCUT2D eigenvalue weighted by Crippen LogP contribution is 2.14. The Balaban J connectivity index is 2.63. The minimum Gasteiger partial charge on any atom is -0.301 e. The van der Waals surface area contributed by atoms with E-state index in [0.717, 1.165) is 5.56 Å². The maximum atomic E-state index is 10.6. The fraction of sp³-hybridized carbons (Fsp3) is 0.364. The number of hydrogen-bond acceptors (Lipinski definition) is 4. The summed E-state index contributed by atoms with van der Waals surface area (Å²) in [6.45, 7) is 1.28. The topological polar surface area (TPSA) is 70.2 Å². The molecule has 84 valence electrons. The monoisotopic (exact) mass is 219 g/mol. The summed E-state index contributed by atoms with van der Waals surface area (Å²) in [4.78, 5) is 12.1. The average molecular weight is 219 g/mol. The van der Waals surface area contributed by atoms with Gasteiger partial charge in [-0.3, -0.25) is 10.1 Å². The molecule has 0 aliphatic carbocycles. The minimum atomic E-state index is -0.404. The van der Waals surface area contributed by atoms with E-state index < -0.39 is 4.92 Å². The molecular formula is C11H13N3O2. The Morgan fingerprint density at radius 1 is 1.56 bits per heavy atom. The van der Waals surface area contributed by atoms with Crippen LogP contribution in [0.1, 0.15) is 12.0 Å². The van der Waals surface area contributed by atoms with Crippen molar-refractivity contribution in [1.82, 2.24) is 4.90 Å². The molecule has 0 aliphatic heterocycles. The molecule has 5 heteroatoms. The Hall–Kier alpha value is -1.93. The SMILES string of the molecule is CN(CCC#N)Cc1cccc([N+](=O)[O-])c1. The number of non-ortho nitro benzene ring substituents is 1. The molecule has 1 aromatic rings. The van der Waals surface area contributed by atoms with Crippen molar-refractivity contribution in [2.75, 3.05) is 13.6 Å². The molecule has 0 aromatic heterocycles. The van der Waals surface area contributed by atoms with Gasteiger partial charge in [-0.15, -0.1) is 0 Å². The van der Waals surface area contributed by atoms with Crippen molar-refractivity contribution in [3.63, 3.8) is 0 Å². The lowest BCUT2D eigenvalue weighted by Crippen LogP contribution is -2.18. The predicted octanol–water partition coefficient (Wildman–Crippen LogP) is 1.94. The Kier molecular flexibility index (Phi) is 4.42. The summed E-state index contributed by atoms with van der Waals surface area (Å²) in [6.07, 6.45) is 0.464. The van der Waals surface area contributed by atoms with Crippen LogP contribution in [0.2, 0.25) is 0 Å². The zero-order valence-electron chi connectivity index (χ0n) is 9.09. The van der Waals surface area contributed by atoms with Gasteiger partial charge in [-0.25, -0.2) is 0 Å². The van der Waals surface area contributed by atoms with Crippen LogP contribution in [0.3, 0.4) is 0 Å². The van der Waals surface area contributed by atoms with Gasteiger partial charge in [0.1, 0.15) is 0 Å². The molecular weight excluding hydrogens is 206 g/mol. The highest BCUT2D eigenvalue weighted by Gasteiger charge is 2.06. The lowest BCUT2D eigenvalue weighted by molar-refractivity contribution is -0.384. The molecule has 0 radical (unpaired) electrons. The Labute approximate surface area is 94.1 Å². The van der Waals surface area contributed by atoms with Gasteiger partial charge < -0.3 is 4.90 Å². The molecule has 5 nitrogen and oxygen atoms in total. The largest absolute Gasteiger partial charge is 0.301 e. The Bertz CT molecular complexity index is 412. The first kappa shape index (κ1) is 12.1. The molecule has 0 N–H and O–H groups in total. The van der Waals surface area contributed by atoms with E-state index in [4.69, 9.17) is 5.26 Å². The third-order valence-electron chi connectivity index (χ3n) is 2.18. The van der Waals surface area contributed by atoms with Crippen LogP contribution < -0.4 is 0 Å². The molecule has 16 heavy (non-hydrogen) atoms. The van der Waals surface area contributed by atoms with E-state index in [1.165, 1.54) is 6.07 Å². The van der Waals surface area contributed by atoms with Gasteiger partial charge in [-0.05, 0) is 12.6 Å². The van der Waals surface area contributed by atoms with E-state index in [1.54, 1.807) is 12.1 Å². The van der Waals surface area contributed by atoms with E-state index in [1.807, 2.05) is 18.0 Å². The summed E-state index contributed by atoms with van der Waals surface area (Å²) in [7, 11) is 1.89. The van der Waals surface area contributed by atoms with Crippen LogP contribution in [0.15, 0.2) is 24.3 Å². The summed E-state index contributed by atoms with van der Waals surface area (Å²) >= 11 is 0. The van der Waals surface area contributed by atoms with Gasteiger partial charge in [-0.2, -0.15) is 5.26 Å². The molecule has 1 aromatic carbocycles. The molecule has 1 rings (SSSR count). The van der Waals surface area contributed by atoms with Crippen molar-refractivity contribution in [1.29, 1.82) is 5.26 Å². The average Bonchev–Trinajstić information content (AvgIpc) is 2.26. The lowest BCUT2D eigenvalue weighted by atomic mass is 10.2. The first-order valence-electron chi connectivity index (χ1n) is 4.92. The lowest BCUT2D eigenvalue weighted by Gasteiger charge is -2.14. The van der Waals surface area contributed by atoms with Crippen molar-refractivity contribution in [3.05, 3.63) is 39.9 Å². The molecule has 0 atom stereocenters. The molecule has 0 spiro atoms. The summed E-state index contributed by atoms with van der Waals surface area (Å²) in [5.74, 6) is 0. The smallest absolute Gasteiger partial charge is 0.269 e. The number of nitro groups is 1. The van der Waals surface area contributed by atoms with E-state index in [0.29, 0.717) is 19.5 Å². The van der Waals surface area contributed by atoms with Gasteiger partial charge in [0.15, 0.2) is 0 Å². The maximum Gasteiger partial charge on any atom is 0.269 e. The number of nitro benzene ring substituents is 1. The van der Waals surface area contributed by atoms with Gasteiger partial charge in [0.05, 0.1) is 11.0 Å². The Morgan fingerprint density at radius 3 is 2.94 bits per heavy atom. The number of hydrogen-bond donors (Lipinski definition) is 0. The van der Waals surface area contributed by atoms with Crippen LogP contribution in [0.4, 0.5) is 5.69 Å². The summed E-state index contributed by atoms with van der Waals surface area (Å²) in [5, 5.41) is 19.0. The molecule has 0 bridgehead atoms. The summed E-state index contributed by atoms with van der Waals surface area (Å²) in [5.41, 5.74) is 0.987. The quantitative estimate of drug-likeness (QED) is 0.560. The van der Waals surface area contributed by atoms with E-state index in [2.05, 4.69) is 6.07 Å². The van der Waals surface area contributed by atoms with Gasteiger partial charge >= 0.3 is 0 Å². The minimum absolute atomic E-state index is 0.103. The normalized spacial score (nSPS) is 10.1. The van der Waals surface area contributed by atoms with Crippen molar-refractivity contribution < 1.29 is 4.92 Å². The van der Waals surface area contributed by atoms with Gasteiger partial charge in [-0.1, -0.05) is 12.1 Å². The van der Waals surface area contributed by atoms with Gasteiger partial charge in [0.2, 0.25) is 0 Å². The molecule has 0 amide bonds. The van der Waals surface area contributed by atoms with E-state index in [9.17, 15) is 10.1 Å². The van der Waals surface area contributed by atoms with Crippen molar-refractivity contribution >= 4 is 5.69 Å². The predicted molar refractivity (Wildman–Crippen MR) is 59.7 cm³/mol. The second-order valence-corrected chi connectivity index (χ2v) is 3.57. The highest BCUT2D eigenvalue weighted by molar-refractivity contribution is 5.34. The van der Waals surface area contributed by atoms with Gasteiger partial charge in [0, 0.05) is 31.6 Å². The van der Waals surface area contributed by atoms with Crippen molar-refractivity contribution in [2.24, 2.45) is 0 Å². The summed E-state index contributed by atoms with van der Waals surface area (Å²) < 4.78 is 0. The van der Waals surface area contributed by atoms with Crippen LogP contribution in [-0.2, 0) is 6.54 Å². The molecule has 0 aliphatic rings. The zero-order chi connectivity index (χ0) is 12.0. The summed E-state index contributed by atoms with van der Waals surface area (Å²) in [6, 6.07) is 8.61. The van der Waals surface area contributed by atoms with Crippen LogP contribution in [0, 0.1) is 21.4 Å². The third-order valence-corrected chi connectivity index (χ3v) is 2.18. The molecule has 0 fully saturated rings. The molecule has 0 unspecified atom stereocenters. The van der Waals surface area contributed by atoms with Crippen LogP contribution >= 0.6 is 0 Å². The van der Waals surface area contributed by atoms with Crippen molar-refractivity contribution in [3.8, 4) is 6.07 Å². The van der Waals surface area contributed by atoms with Crippen LogP contribution in [0.5, 0.6) is 0 Å². The fourth-order valence-corrected chi connectivity index (χ4v) is 1.40. The Morgan fingerprint density at radius 2 is 2.31 bits per heavy atom. The molecule has 0 heterocycles. The van der Waals surface area contributed by atoms with Crippen LogP contribution in [0.25, 0.3) is 0 Å². The van der Waals surface area contributed by atoms with Crippen LogP contribution in [-0.4, -0.2) is 23.4 Å². The van der Waals surface area contributed by atoms with Gasteiger partial charge in [0.25, 0.3) is 5.69 Å². The number of nitrogens with zero attached hydrogens (tertiary/aromatic N) is 3. The second kappa shape index (κ2) is 5.83. The van der Waals surface area contributed by atoms with E-state index >= 15 is 0 Å². The second-order valence-electron chi connectivity index (χ2n) is 3.57. The fourth-order valence-electron chi connectivity index (χ4n) is 1.40. The number of nitriles is 1. The first-order valence-corrected chi connectivity index (χ1v) is 4.92. The van der Waals surface area contributed by atoms with E-state index in [-0.39, 0.29) is 5.69 Å². The number of rotatable bonds is 5. The molecule has 0 saturated heterocycles. The molecule has 0 saturated carbocycles. The third kappa shape index (κ3) is 3.67.